The smallest absolute Gasteiger partial charge is 0.0541 e. The van der Waals surface area contributed by atoms with Gasteiger partial charge >= 0.3 is 0 Å². The van der Waals surface area contributed by atoms with Gasteiger partial charge in [0.15, 0.2) is 0 Å². The molecule has 0 aliphatic carbocycles. The Morgan fingerprint density at radius 1 is 0.250 bits per heavy atom. The summed E-state index contributed by atoms with van der Waals surface area (Å²) in [6, 6.07) is 81.5. The van der Waals surface area contributed by atoms with Gasteiger partial charge in [0, 0.05) is 16.5 Å². The molecule has 0 unspecified atom stereocenters. The summed E-state index contributed by atoms with van der Waals surface area (Å²) in [6.07, 6.45) is 0.910. The van der Waals surface area contributed by atoms with Crippen LogP contribution in [-0.4, -0.2) is 4.57 Å². The lowest BCUT2D eigenvalue weighted by molar-refractivity contribution is 1.18. The first-order chi connectivity index (χ1) is 27.7. The number of benzene rings is 9. The summed E-state index contributed by atoms with van der Waals surface area (Å²) in [4.78, 5) is 0. The van der Waals surface area contributed by atoms with Gasteiger partial charge in [0.2, 0.25) is 0 Å². The van der Waals surface area contributed by atoms with E-state index in [1.165, 1.54) is 94.3 Å². The van der Waals surface area contributed by atoms with Crippen molar-refractivity contribution in [2.24, 2.45) is 0 Å². The van der Waals surface area contributed by atoms with Gasteiger partial charge < -0.3 is 4.57 Å². The van der Waals surface area contributed by atoms with Crippen molar-refractivity contribution in [1.82, 2.24) is 4.57 Å². The summed E-state index contributed by atoms with van der Waals surface area (Å²) in [5.74, 6) is 0. The van der Waals surface area contributed by atoms with Gasteiger partial charge in [0.25, 0.3) is 0 Å². The summed E-state index contributed by atoms with van der Waals surface area (Å²) >= 11 is 0. The maximum atomic E-state index is 2.36. The van der Waals surface area contributed by atoms with Gasteiger partial charge in [-0.05, 0) is 104 Å². The first kappa shape index (κ1) is 33.4. The van der Waals surface area contributed by atoms with Crippen LogP contribution in [0.2, 0.25) is 0 Å². The van der Waals surface area contributed by atoms with Gasteiger partial charge in [-0.25, -0.2) is 0 Å². The number of aromatic nitrogens is 1. The standard InChI is InChI=1S/C55H39N/c1-3-9-41(10-4-1)44-23-25-45(26-24-44)42-19-15-39(16-20-42)37-40-17-21-43(22-18-40)46-27-29-47(30-28-46)48-31-33-49(34-32-48)50-35-36-55-53(38-50)52-13-7-8-14-54(52)56(55)51-11-5-2-6-12-51/h1-36,38H,37H2. The van der Waals surface area contributed by atoms with Crippen LogP contribution in [0.25, 0.3) is 83.1 Å². The fourth-order valence-corrected chi connectivity index (χ4v) is 8.07. The minimum absolute atomic E-state index is 0.910. The second-order valence-corrected chi connectivity index (χ2v) is 14.6. The molecule has 0 amide bonds. The second kappa shape index (κ2) is 14.5. The van der Waals surface area contributed by atoms with Crippen LogP contribution in [0.5, 0.6) is 0 Å². The molecule has 0 bridgehead atoms. The molecule has 1 nitrogen and oxygen atoms in total. The summed E-state index contributed by atoms with van der Waals surface area (Å²) in [6.45, 7) is 0. The topological polar surface area (TPSA) is 4.93 Å². The van der Waals surface area contributed by atoms with Crippen LogP contribution >= 0.6 is 0 Å². The predicted octanol–water partition coefficient (Wildman–Crippen LogP) is 14.7. The monoisotopic (exact) mass is 713 g/mol. The minimum Gasteiger partial charge on any atom is -0.309 e. The highest BCUT2D eigenvalue weighted by molar-refractivity contribution is 6.10. The molecule has 9 aromatic carbocycles. The fourth-order valence-electron chi connectivity index (χ4n) is 8.07. The zero-order valence-electron chi connectivity index (χ0n) is 31.0. The fraction of sp³-hybridized carbons (Fsp3) is 0.0182. The Bertz CT molecular complexity index is 2900. The lowest BCUT2D eigenvalue weighted by atomic mass is 9.96. The van der Waals surface area contributed by atoms with Crippen molar-refractivity contribution >= 4 is 21.8 Å². The van der Waals surface area contributed by atoms with Gasteiger partial charge in [-0.1, -0.05) is 194 Å². The Labute approximate surface area is 328 Å². The van der Waals surface area contributed by atoms with Gasteiger partial charge in [-0.3, -0.25) is 0 Å². The molecule has 0 N–H and O–H groups in total. The molecule has 1 heteroatoms. The predicted molar refractivity (Wildman–Crippen MR) is 237 cm³/mol. The molecular weight excluding hydrogens is 675 g/mol. The average Bonchev–Trinajstić information content (AvgIpc) is 3.61. The lowest BCUT2D eigenvalue weighted by Gasteiger charge is -2.09. The third kappa shape index (κ3) is 6.50. The van der Waals surface area contributed by atoms with E-state index in [0.29, 0.717) is 0 Å². The Balaban J connectivity index is 0.811. The van der Waals surface area contributed by atoms with Crippen molar-refractivity contribution in [3.05, 3.63) is 236 Å². The molecule has 0 saturated heterocycles. The maximum Gasteiger partial charge on any atom is 0.0541 e. The summed E-state index contributed by atoms with van der Waals surface area (Å²) in [5, 5.41) is 2.54. The van der Waals surface area contributed by atoms with Gasteiger partial charge in [-0.2, -0.15) is 0 Å². The SMILES string of the molecule is c1ccc(-c2ccc(-c3ccc(Cc4ccc(-c5ccc(-c6ccc(-c7ccc8c(c7)c7ccccc7n8-c7ccccc7)cc6)cc5)cc4)cc3)cc2)cc1. The molecule has 0 fully saturated rings. The lowest BCUT2D eigenvalue weighted by Crippen LogP contribution is -1.92. The van der Waals surface area contributed by atoms with Crippen LogP contribution in [-0.2, 0) is 6.42 Å². The zero-order valence-corrected chi connectivity index (χ0v) is 31.0. The van der Waals surface area contributed by atoms with Gasteiger partial charge in [-0.15, -0.1) is 0 Å². The number of fused-ring (bicyclic) bond motifs is 3. The Kier molecular flexibility index (Phi) is 8.67. The highest BCUT2D eigenvalue weighted by Crippen LogP contribution is 2.36. The highest BCUT2D eigenvalue weighted by Gasteiger charge is 2.13. The van der Waals surface area contributed by atoms with Crippen LogP contribution in [0, 0.1) is 0 Å². The zero-order chi connectivity index (χ0) is 37.3. The maximum absolute atomic E-state index is 2.36. The minimum atomic E-state index is 0.910. The average molecular weight is 714 g/mol. The van der Waals surface area contributed by atoms with Crippen molar-refractivity contribution in [2.45, 2.75) is 6.42 Å². The van der Waals surface area contributed by atoms with Gasteiger partial charge in [0.1, 0.15) is 0 Å². The number of hydrogen-bond donors (Lipinski definition) is 0. The molecule has 0 saturated carbocycles. The normalized spacial score (nSPS) is 11.3. The van der Waals surface area contributed by atoms with E-state index >= 15 is 0 Å². The Morgan fingerprint density at radius 3 is 1.07 bits per heavy atom. The van der Waals surface area contributed by atoms with E-state index in [9.17, 15) is 0 Å². The largest absolute Gasteiger partial charge is 0.309 e. The molecule has 264 valence electrons. The Hall–Kier alpha value is -7.22. The van der Waals surface area contributed by atoms with Crippen molar-refractivity contribution in [3.63, 3.8) is 0 Å². The van der Waals surface area contributed by atoms with E-state index in [2.05, 4.69) is 229 Å². The van der Waals surface area contributed by atoms with E-state index in [1.54, 1.807) is 0 Å². The third-order valence-corrected chi connectivity index (χ3v) is 11.1. The number of para-hydroxylation sites is 2. The quantitative estimate of drug-likeness (QED) is 0.148. The molecule has 1 heterocycles. The molecule has 10 rings (SSSR count). The first-order valence-electron chi connectivity index (χ1n) is 19.4. The third-order valence-electron chi connectivity index (χ3n) is 11.1. The molecule has 10 aromatic rings. The first-order valence-corrected chi connectivity index (χ1v) is 19.4. The molecule has 56 heavy (non-hydrogen) atoms. The highest BCUT2D eigenvalue weighted by atomic mass is 15.0. The van der Waals surface area contributed by atoms with E-state index in [0.717, 1.165) is 6.42 Å². The van der Waals surface area contributed by atoms with Crippen molar-refractivity contribution in [2.75, 3.05) is 0 Å². The summed E-state index contributed by atoms with van der Waals surface area (Å²) in [5.41, 5.74) is 18.5. The van der Waals surface area contributed by atoms with Crippen LogP contribution < -0.4 is 0 Å². The molecule has 0 radical (unpaired) electrons. The molecule has 0 aliphatic rings. The van der Waals surface area contributed by atoms with Crippen molar-refractivity contribution < 1.29 is 0 Å². The second-order valence-electron chi connectivity index (χ2n) is 14.6. The Morgan fingerprint density at radius 2 is 0.589 bits per heavy atom. The van der Waals surface area contributed by atoms with Crippen molar-refractivity contribution in [3.8, 4) is 61.3 Å². The van der Waals surface area contributed by atoms with Crippen molar-refractivity contribution in [1.29, 1.82) is 0 Å². The molecule has 0 aliphatic heterocycles. The van der Waals surface area contributed by atoms with Crippen LogP contribution in [0.1, 0.15) is 11.1 Å². The van der Waals surface area contributed by atoms with E-state index < -0.39 is 0 Å². The molecule has 0 atom stereocenters. The van der Waals surface area contributed by atoms with Crippen LogP contribution in [0.4, 0.5) is 0 Å². The van der Waals surface area contributed by atoms with E-state index in [1.807, 2.05) is 0 Å². The molecular formula is C55H39N. The van der Waals surface area contributed by atoms with Crippen LogP contribution in [0.15, 0.2) is 224 Å². The van der Waals surface area contributed by atoms with Crippen LogP contribution in [0.3, 0.4) is 0 Å². The van der Waals surface area contributed by atoms with E-state index in [-0.39, 0.29) is 0 Å². The summed E-state index contributed by atoms with van der Waals surface area (Å²) in [7, 11) is 0. The van der Waals surface area contributed by atoms with E-state index in [4.69, 9.17) is 0 Å². The molecule has 0 spiro atoms. The molecule has 1 aromatic heterocycles. The number of rotatable bonds is 8. The summed E-state index contributed by atoms with van der Waals surface area (Å²) < 4.78 is 2.36. The van der Waals surface area contributed by atoms with Gasteiger partial charge in [0.05, 0.1) is 11.0 Å². The number of nitrogens with zero attached hydrogens (tertiary/aromatic N) is 1. The number of hydrogen-bond acceptors (Lipinski definition) is 0.